The van der Waals surface area contributed by atoms with E-state index < -0.39 is 0 Å². The average Bonchev–Trinajstić information content (AvgIpc) is 2.87. The fourth-order valence-electron chi connectivity index (χ4n) is 2.60. The number of nitrogens with two attached hydrogens (primary N) is 1. The average molecular weight is 269 g/mol. The van der Waals surface area contributed by atoms with Crippen LogP contribution in [0.5, 0.6) is 0 Å². The molecule has 0 amide bonds. The lowest BCUT2D eigenvalue weighted by atomic mass is 10.2. The van der Waals surface area contributed by atoms with Crippen molar-refractivity contribution in [2.24, 2.45) is 0 Å². The maximum absolute atomic E-state index is 5.66. The minimum Gasteiger partial charge on any atom is -0.384 e. The first-order valence-electron chi connectivity index (χ1n) is 6.90. The monoisotopic (exact) mass is 269 g/mol. The lowest BCUT2D eigenvalue weighted by Gasteiger charge is -2.17. The Labute approximate surface area is 118 Å². The Balaban J connectivity index is 1.54. The number of nitrogens with one attached hydrogen (secondary N) is 1. The molecule has 5 nitrogen and oxygen atoms in total. The van der Waals surface area contributed by atoms with Gasteiger partial charge in [-0.05, 0) is 12.0 Å². The Kier molecular flexibility index (Phi) is 3.78. The third-order valence-corrected chi connectivity index (χ3v) is 3.56. The van der Waals surface area contributed by atoms with Gasteiger partial charge in [0, 0.05) is 31.7 Å². The van der Waals surface area contributed by atoms with Gasteiger partial charge >= 0.3 is 0 Å². The number of hydrogen-bond acceptors (Lipinski definition) is 5. The first kappa shape index (κ1) is 12.9. The summed E-state index contributed by atoms with van der Waals surface area (Å²) < 4.78 is 0. The summed E-state index contributed by atoms with van der Waals surface area (Å²) in [6.07, 6.45) is 2.62. The number of aromatic nitrogens is 2. The molecule has 0 saturated carbocycles. The van der Waals surface area contributed by atoms with Crippen molar-refractivity contribution in [1.29, 1.82) is 0 Å². The van der Waals surface area contributed by atoms with Crippen LogP contribution in [-0.4, -0.2) is 34.0 Å². The summed E-state index contributed by atoms with van der Waals surface area (Å²) in [5, 5.41) is 3.42. The molecule has 1 aromatic carbocycles. The van der Waals surface area contributed by atoms with Crippen LogP contribution in [0.3, 0.4) is 0 Å². The van der Waals surface area contributed by atoms with Gasteiger partial charge in [-0.3, -0.25) is 4.90 Å². The summed E-state index contributed by atoms with van der Waals surface area (Å²) >= 11 is 0. The van der Waals surface area contributed by atoms with Crippen LogP contribution in [0.15, 0.2) is 42.7 Å². The molecule has 0 bridgehead atoms. The van der Waals surface area contributed by atoms with Crippen molar-refractivity contribution < 1.29 is 0 Å². The van der Waals surface area contributed by atoms with Crippen LogP contribution in [0.2, 0.25) is 0 Å². The molecular formula is C15H19N5. The van der Waals surface area contributed by atoms with E-state index in [1.54, 1.807) is 6.07 Å². The van der Waals surface area contributed by atoms with Gasteiger partial charge in [-0.25, -0.2) is 9.97 Å². The van der Waals surface area contributed by atoms with E-state index in [1.165, 1.54) is 11.9 Å². The minimum atomic E-state index is 0.424. The smallest absolute Gasteiger partial charge is 0.131 e. The summed E-state index contributed by atoms with van der Waals surface area (Å²) in [5.41, 5.74) is 7.02. The number of hydrogen-bond donors (Lipinski definition) is 2. The zero-order valence-electron chi connectivity index (χ0n) is 11.4. The third kappa shape index (κ3) is 3.24. The summed E-state index contributed by atoms with van der Waals surface area (Å²) in [5.74, 6) is 1.31. The number of nitrogen functional groups attached to an aromatic ring is 1. The molecule has 1 aromatic heterocycles. The highest BCUT2D eigenvalue weighted by atomic mass is 15.2. The molecule has 2 aromatic rings. The van der Waals surface area contributed by atoms with Gasteiger partial charge in [-0.1, -0.05) is 30.3 Å². The molecule has 104 valence electrons. The van der Waals surface area contributed by atoms with Gasteiger partial charge in [0.05, 0.1) is 0 Å². The maximum Gasteiger partial charge on any atom is 0.131 e. The van der Waals surface area contributed by atoms with Gasteiger partial charge in [-0.15, -0.1) is 0 Å². The quantitative estimate of drug-likeness (QED) is 0.885. The molecule has 1 saturated heterocycles. The number of likely N-dealkylation sites (tertiary alicyclic amines) is 1. The normalized spacial score (nSPS) is 19.1. The Hall–Kier alpha value is -2.14. The van der Waals surface area contributed by atoms with E-state index in [-0.39, 0.29) is 0 Å². The summed E-state index contributed by atoms with van der Waals surface area (Å²) in [4.78, 5) is 10.5. The summed E-state index contributed by atoms with van der Waals surface area (Å²) in [6, 6.07) is 12.8. The van der Waals surface area contributed by atoms with E-state index >= 15 is 0 Å². The fraction of sp³-hybridized carbons (Fsp3) is 0.333. The first-order valence-corrected chi connectivity index (χ1v) is 6.90. The second-order valence-corrected chi connectivity index (χ2v) is 5.18. The molecule has 1 aliphatic heterocycles. The summed E-state index contributed by atoms with van der Waals surface area (Å²) in [7, 11) is 0. The summed E-state index contributed by atoms with van der Waals surface area (Å²) in [6.45, 7) is 3.14. The van der Waals surface area contributed by atoms with E-state index in [1.807, 2.05) is 0 Å². The second kappa shape index (κ2) is 5.88. The number of rotatable bonds is 4. The Morgan fingerprint density at radius 3 is 2.90 bits per heavy atom. The molecule has 1 unspecified atom stereocenters. The molecular weight excluding hydrogens is 250 g/mol. The zero-order valence-corrected chi connectivity index (χ0v) is 11.4. The van der Waals surface area contributed by atoms with Crippen molar-refractivity contribution in [3.8, 4) is 0 Å². The number of anilines is 2. The highest BCUT2D eigenvalue weighted by Crippen LogP contribution is 2.17. The van der Waals surface area contributed by atoms with Gasteiger partial charge in [0.25, 0.3) is 0 Å². The van der Waals surface area contributed by atoms with Crippen molar-refractivity contribution in [1.82, 2.24) is 14.9 Å². The van der Waals surface area contributed by atoms with Gasteiger partial charge in [0.15, 0.2) is 0 Å². The SMILES string of the molecule is Nc1cc(NC2CCN(Cc3ccccc3)C2)ncn1. The van der Waals surface area contributed by atoms with E-state index in [4.69, 9.17) is 5.73 Å². The van der Waals surface area contributed by atoms with Gasteiger partial charge in [0.2, 0.25) is 0 Å². The maximum atomic E-state index is 5.66. The molecule has 1 atom stereocenters. The molecule has 0 aliphatic carbocycles. The Bertz CT molecular complexity index is 557. The van der Waals surface area contributed by atoms with E-state index in [2.05, 4.69) is 50.5 Å². The predicted octanol–water partition coefficient (Wildman–Crippen LogP) is 1.75. The highest BCUT2D eigenvalue weighted by Gasteiger charge is 2.22. The standard InChI is InChI=1S/C15H19N5/c16-14-8-15(18-11-17-14)19-13-6-7-20(10-13)9-12-4-2-1-3-5-12/h1-5,8,11,13H,6-7,9-10H2,(H3,16,17,18,19). The van der Waals surface area contributed by atoms with Crippen LogP contribution in [0.25, 0.3) is 0 Å². The van der Waals surface area contributed by atoms with Crippen LogP contribution >= 0.6 is 0 Å². The van der Waals surface area contributed by atoms with Crippen LogP contribution in [0.4, 0.5) is 11.6 Å². The Morgan fingerprint density at radius 2 is 2.10 bits per heavy atom. The van der Waals surface area contributed by atoms with E-state index in [0.717, 1.165) is 31.9 Å². The largest absolute Gasteiger partial charge is 0.384 e. The third-order valence-electron chi connectivity index (χ3n) is 3.56. The first-order chi connectivity index (χ1) is 9.79. The van der Waals surface area contributed by atoms with Crippen LogP contribution in [0, 0.1) is 0 Å². The molecule has 1 fully saturated rings. The zero-order chi connectivity index (χ0) is 13.8. The highest BCUT2D eigenvalue weighted by molar-refractivity contribution is 5.44. The van der Waals surface area contributed by atoms with Crippen molar-refractivity contribution in [3.63, 3.8) is 0 Å². The van der Waals surface area contributed by atoms with Gasteiger partial charge in [-0.2, -0.15) is 0 Å². The fourth-order valence-corrected chi connectivity index (χ4v) is 2.60. The van der Waals surface area contributed by atoms with Crippen molar-refractivity contribution in [2.75, 3.05) is 24.1 Å². The predicted molar refractivity (Wildman–Crippen MR) is 80.2 cm³/mol. The van der Waals surface area contributed by atoms with Crippen LogP contribution in [-0.2, 0) is 6.54 Å². The topological polar surface area (TPSA) is 67.1 Å². The second-order valence-electron chi connectivity index (χ2n) is 5.18. The minimum absolute atomic E-state index is 0.424. The van der Waals surface area contributed by atoms with Crippen molar-refractivity contribution in [2.45, 2.75) is 19.0 Å². The molecule has 5 heteroatoms. The molecule has 20 heavy (non-hydrogen) atoms. The lowest BCUT2D eigenvalue weighted by Crippen LogP contribution is -2.26. The molecule has 2 heterocycles. The van der Waals surface area contributed by atoms with Gasteiger partial charge in [0.1, 0.15) is 18.0 Å². The molecule has 0 radical (unpaired) electrons. The molecule has 1 aliphatic rings. The van der Waals surface area contributed by atoms with Crippen molar-refractivity contribution >= 4 is 11.6 Å². The van der Waals surface area contributed by atoms with E-state index in [0.29, 0.717) is 11.9 Å². The molecule has 3 N–H and O–H groups in total. The molecule has 0 spiro atoms. The van der Waals surface area contributed by atoms with Gasteiger partial charge < -0.3 is 11.1 Å². The van der Waals surface area contributed by atoms with Crippen LogP contribution in [0.1, 0.15) is 12.0 Å². The number of benzene rings is 1. The van der Waals surface area contributed by atoms with Crippen molar-refractivity contribution in [3.05, 3.63) is 48.3 Å². The van der Waals surface area contributed by atoms with E-state index in [9.17, 15) is 0 Å². The Morgan fingerprint density at radius 1 is 1.25 bits per heavy atom. The lowest BCUT2D eigenvalue weighted by molar-refractivity contribution is 0.328. The molecule has 3 rings (SSSR count). The number of nitrogens with zero attached hydrogens (tertiary/aromatic N) is 3. The van der Waals surface area contributed by atoms with Crippen LogP contribution < -0.4 is 11.1 Å².